The van der Waals surface area contributed by atoms with Crippen molar-refractivity contribution >= 4 is 0 Å². The highest BCUT2D eigenvalue weighted by Crippen LogP contribution is 2.10. The zero-order valence-electron chi connectivity index (χ0n) is 9.81. The van der Waals surface area contributed by atoms with E-state index in [4.69, 9.17) is 10.00 Å². The molecular formula is C11H18N4O. The van der Waals surface area contributed by atoms with Crippen molar-refractivity contribution in [3.05, 3.63) is 18.0 Å². The van der Waals surface area contributed by atoms with Crippen molar-refractivity contribution in [3.8, 4) is 6.07 Å². The standard InChI is InChI=1S/C11H18N4O/c1-3-5-15-9-10(8-14-15)11(7-12)13-4-6-16-2/h8-9,11,13H,3-6H2,1-2H3. The highest BCUT2D eigenvalue weighted by atomic mass is 16.5. The van der Waals surface area contributed by atoms with Gasteiger partial charge in [-0.3, -0.25) is 10.00 Å². The van der Waals surface area contributed by atoms with Crippen molar-refractivity contribution < 1.29 is 4.74 Å². The van der Waals surface area contributed by atoms with Crippen LogP contribution in [-0.2, 0) is 11.3 Å². The predicted octanol–water partition coefficient (Wildman–Crippen LogP) is 1.09. The number of ether oxygens (including phenoxy) is 1. The van der Waals surface area contributed by atoms with Gasteiger partial charge in [0.05, 0.1) is 18.9 Å². The Balaban J connectivity index is 2.54. The first-order valence-corrected chi connectivity index (χ1v) is 5.46. The van der Waals surface area contributed by atoms with Crippen LogP contribution in [-0.4, -0.2) is 30.0 Å². The van der Waals surface area contributed by atoms with Crippen molar-refractivity contribution in [1.82, 2.24) is 15.1 Å². The minimum absolute atomic E-state index is 0.305. The number of rotatable bonds is 7. The lowest BCUT2D eigenvalue weighted by Crippen LogP contribution is -2.23. The number of aryl methyl sites for hydroxylation is 1. The lowest BCUT2D eigenvalue weighted by Gasteiger charge is -2.08. The molecule has 1 unspecified atom stereocenters. The fourth-order valence-electron chi connectivity index (χ4n) is 1.42. The molecule has 1 heterocycles. The van der Waals surface area contributed by atoms with Gasteiger partial charge in [0.2, 0.25) is 0 Å². The highest BCUT2D eigenvalue weighted by Gasteiger charge is 2.11. The summed E-state index contributed by atoms with van der Waals surface area (Å²) in [5.41, 5.74) is 0.909. The number of methoxy groups -OCH3 is 1. The van der Waals surface area contributed by atoms with Crippen LogP contribution < -0.4 is 5.32 Å². The predicted molar refractivity (Wildman–Crippen MR) is 60.8 cm³/mol. The molecule has 1 N–H and O–H groups in total. The molecule has 0 saturated heterocycles. The Labute approximate surface area is 96.0 Å². The average Bonchev–Trinajstić information content (AvgIpc) is 2.74. The Hall–Kier alpha value is -1.38. The van der Waals surface area contributed by atoms with Gasteiger partial charge in [0, 0.05) is 32.0 Å². The van der Waals surface area contributed by atoms with Crippen LogP contribution in [0.2, 0.25) is 0 Å². The summed E-state index contributed by atoms with van der Waals surface area (Å²) in [6.07, 6.45) is 4.69. The molecule has 1 aromatic rings. The Morgan fingerprint density at radius 1 is 1.69 bits per heavy atom. The fraction of sp³-hybridized carbons (Fsp3) is 0.636. The number of hydrogen-bond acceptors (Lipinski definition) is 4. The summed E-state index contributed by atoms with van der Waals surface area (Å²) in [5.74, 6) is 0. The summed E-state index contributed by atoms with van der Waals surface area (Å²) in [6, 6.07) is 1.91. The number of nitriles is 1. The van der Waals surface area contributed by atoms with Gasteiger partial charge in [-0.1, -0.05) is 6.92 Å². The minimum Gasteiger partial charge on any atom is -0.383 e. The molecule has 0 aliphatic heterocycles. The van der Waals surface area contributed by atoms with Crippen LogP contribution in [0.4, 0.5) is 0 Å². The highest BCUT2D eigenvalue weighted by molar-refractivity contribution is 5.17. The first-order chi connectivity index (χ1) is 7.81. The van der Waals surface area contributed by atoms with Crippen LogP contribution in [0.1, 0.15) is 24.9 Å². The van der Waals surface area contributed by atoms with Crippen molar-refractivity contribution in [2.45, 2.75) is 25.9 Å². The molecule has 0 bridgehead atoms. The van der Waals surface area contributed by atoms with Gasteiger partial charge in [-0.15, -0.1) is 0 Å². The topological polar surface area (TPSA) is 62.9 Å². The summed E-state index contributed by atoms with van der Waals surface area (Å²) in [5, 5.41) is 16.3. The first-order valence-electron chi connectivity index (χ1n) is 5.46. The molecule has 1 rings (SSSR count). The van der Waals surface area contributed by atoms with Crippen molar-refractivity contribution in [2.24, 2.45) is 0 Å². The molecular weight excluding hydrogens is 204 g/mol. The van der Waals surface area contributed by atoms with Gasteiger partial charge in [-0.25, -0.2) is 0 Å². The molecule has 5 heteroatoms. The molecule has 88 valence electrons. The molecule has 0 spiro atoms. The van der Waals surface area contributed by atoms with E-state index in [0.29, 0.717) is 13.2 Å². The van der Waals surface area contributed by atoms with Crippen LogP contribution in [0.25, 0.3) is 0 Å². The molecule has 16 heavy (non-hydrogen) atoms. The molecule has 0 aliphatic rings. The van der Waals surface area contributed by atoms with E-state index in [1.165, 1.54) is 0 Å². The maximum absolute atomic E-state index is 9.03. The van der Waals surface area contributed by atoms with Gasteiger partial charge in [-0.2, -0.15) is 10.4 Å². The van der Waals surface area contributed by atoms with Crippen molar-refractivity contribution in [3.63, 3.8) is 0 Å². The van der Waals surface area contributed by atoms with Gasteiger partial charge in [0.1, 0.15) is 6.04 Å². The Bertz CT molecular complexity index is 342. The molecule has 0 saturated carbocycles. The maximum Gasteiger partial charge on any atom is 0.124 e. The number of nitrogens with one attached hydrogen (secondary N) is 1. The van der Waals surface area contributed by atoms with E-state index in [1.54, 1.807) is 13.3 Å². The van der Waals surface area contributed by atoms with Crippen LogP contribution >= 0.6 is 0 Å². The molecule has 1 atom stereocenters. The quantitative estimate of drug-likeness (QED) is 0.701. The zero-order chi connectivity index (χ0) is 11.8. The largest absolute Gasteiger partial charge is 0.383 e. The average molecular weight is 222 g/mol. The second-order valence-electron chi connectivity index (χ2n) is 3.55. The monoisotopic (exact) mass is 222 g/mol. The van der Waals surface area contributed by atoms with Crippen LogP contribution in [0, 0.1) is 11.3 Å². The Morgan fingerprint density at radius 3 is 3.12 bits per heavy atom. The van der Waals surface area contributed by atoms with E-state index in [0.717, 1.165) is 18.5 Å². The smallest absolute Gasteiger partial charge is 0.124 e. The summed E-state index contributed by atoms with van der Waals surface area (Å²) < 4.78 is 6.78. The summed E-state index contributed by atoms with van der Waals surface area (Å²) >= 11 is 0. The van der Waals surface area contributed by atoms with E-state index in [9.17, 15) is 0 Å². The summed E-state index contributed by atoms with van der Waals surface area (Å²) in [4.78, 5) is 0. The van der Waals surface area contributed by atoms with Crippen molar-refractivity contribution in [2.75, 3.05) is 20.3 Å². The molecule has 0 radical (unpaired) electrons. The van der Waals surface area contributed by atoms with Crippen molar-refractivity contribution in [1.29, 1.82) is 5.26 Å². The molecule has 0 aromatic carbocycles. The van der Waals surface area contributed by atoms with E-state index in [-0.39, 0.29) is 6.04 Å². The van der Waals surface area contributed by atoms with E-state index in [1.807, 2.05) is 10.9 Å². The number of aromatic nitrogens is 2. The SMILES string of the molecule is CCCn1cc(C(C#N)NCCOC)cn1. The Kier molecular flexibility index (Phi) is 5.54. The van der Waals surface area contributed by atoms with Crippen LogP contribution in [0.15, 0.2) is 12.4 Å². The molecule has 1 aromatic heterocycles. The second kappa shape index (κ2) is 6.99. The zero-order valence-corrected chi connectivity index (χ0v) is 9.81. The first kappa shape index (κ1) is 12.7. The third-order valence-corrected chi connectivity index (χ3v) is 2.22. The van der Waals surface area contributed by atoms with Crippen LogP contribution in [0.5, 0.6) is 0 Å². The van der Waals surface area contributed by atoms with Crippen LogP contribution in [0.3, 0.4) is 0 Å². The normalized spacial score (nSPS) is 12.3. The molecule has 5 nitrogen and oxygen atoms in total. The van der Waals surface area contributed by atoms with Gasteiger partial charge < -0.3 is 4.74 Å². The van der Waals surface area contributed by atoms with Gasteiger partial charge in [0.25, 0.3) is 0 Å². The maximum atomic E-state index is 9.03. The third-order valence-electron chi connectivity index (χ3n) is 2.22. The fourth-order valence-corrected chi connectivity index (χ4v) is 1.42. The van der Waals surface area contributed by atoms with E-state index < -0.39 is 0 Å². The number of nitrogens with zero attached hydrogens (tertiary/aromatic N) is 3. The minimum atomic E-state index is -0.305. The molecule has 0 aliphatic carbocycles. The molecule has 0 amide bonds. The summed E-state index contributed by atoms with van der Waals surface area (Å²) in [6.45, 7) is 4.24. The molecule has 0 fully saturated rings. The third kappa shape index (κ3) is 3.65. The Morgan fingerprint density at radius 2 is 2.50 bits per heavy atom. The van der Waals surface area contributed by atoms with Gasteiger partial charge >= 0.3 is 0 Å². The van der Waals surface area contributed by atoms with Gasteiger partial charge in [0.15, 0.2) is 0 Å². The lowest BCUT2D eigenvalue weighted by molar-refractivity contribution is 0.198. The van der Waals surface area contributed by atoms with E-state index >= 15 is 0 Å². The second-order valence-corrected chi connectivity index (χ2v) is 3.55. The number of hydrogen-bond donors (Lipinski definition) is 1. The van der Waals surface area contributed by atoms with Gasteiger partial charge in [-0.05, 0) is 6.42 Å². The van der Waals surface area contributed by atoms with E-state index in [2.05, 4.69) is 23.4 Å². The lowest BCUT2D eigenvalue weighted by atomic mass is 10.2. The summed E-state index contributed by atoms with van der Waals surface area (Å²) in [7, 11) is 1.64.